The molecule has 0 spiro atoms. The van der Waals surface area contributed by atoms with Gasteiger partial charge in [0.05, 0.1) is 5.75 Å². The highest BCUT2D eigenvalue weighted by molar-refractivity contribution is 7.89. The number of aryl methyl sites for hydroxylation is 1. The average molecular weight is 328 g/mol. The molecular formula is C15H21FN2O3S. The van der Waals surface area contributed by atoms with Crippen LogP contribution in [0.3, 0.4) is 0 Å². The molecule has 22 heavy (non-hydrogen) atoms. The molecule has 1 saturated heterocycles. The third-order valence-electron chi connectivity index (χ3n) is 3.78. The Balaban J connectivity index is 2.16. The van der Waals surface area contributed by atoms with Crippen molar-refractivity contribution in [3.8, 4) is 0 Å². The van der Waals surface area contributed by atoms with Crippen LogP contribution < -0.4 is 5.32 Å². The summed E-state index contributed by atoms with van der Waals surface area (Å²) in [6.45, 7) is 3.91. The fourth-order valence-electron chi connectivity index (χ4n) is 2.66. The van der Waals surface area contributed by atoms with E-state index < -0.39 is 27.8 Å². The van der Waals surface area contributed by atoms with E-state index in [1.807, 2.05) is 0 Å². The number of hydrogen-bond donors (Lipinski definition) is 1. The second kappa shape index (κ2) is 6.75. The molecule has 0 radical (unpaired) electrons. The maximum absolute atomic E-state index is 13.3. The van der Waals surface area contributed by atoms with Crippen molar-refractivity contribution in [2.45, 2.75) is 39.2 Å². The Morgan fingerprint density at radius 1 is 1.45 bits per heavy atom. The molecule has 0 bridgehead atoms. The van der Waals surface area contributed by atoms with Gasteiger partial charge in [0.2, 0.25) is 15.9 Å². The molecule has 1 amide bonds. The van der Waals surface area contributed by atoms with Gasteiger partial charge < -0.3 is 5.32 Å². The van der Waals surface area contributed by atoms with E-state index in [0.29, 0.717) is 31.5 Å². The summed E-state index contributed by atoms with van der Waals surface area (Å²) in [6, 6.07) is 3.43. The molecule has 1 heterocycles. The van der Waals surface area contributed by atoms with Crippen LogP contribution in [0.1, 0.15) is 31.7 Å². The Labute approximate surface area is 130 Å². The summed E-state index contributed by atoms with van der Waals surface area (Å²) >= 11 is 0. The van der Waals surface area contributed by atoms with Crippen molar-refractivity contribution >= 4 is 21.6 Å². The fourth-order valence-corrected chi connectivity index (χ4v) is 4.40. The lowest BCUT2D eigenvalue weighted by Crippen LogP contribution is -2.44. The highest BCUT2D eigenvalue weighted by atomic mass is 32.2. The Bertz CT molecular complexity index is 661. The first-order valence-electron chi connectivity index (χ1n) is 7.41. The SMILES string of the molecule is CCCS(=O)(=O)N1CCCC1C(=O)Nc1cc(F)ccc1C. The van der Waals surface area contributed by atoms with Crippen molar-refractivity contribution in [3.63, 3.8) is 0 Å². The first-order chi connectivity index (χ1) is 10.3. The summed E-state index contributed by atoms with van der Waals surface area (Å²) in [5.41, 5.74) is 1.11. The Morgan fingerprint density at radius 2 is 2.18 bits per heavy atom. The predicted octanol–water partition coefficient (Wildman–Crippen LogP) is 2.28. The Morgan fingerprint density at radius 3 is 2.86 bits per heavy atom. The molecule has 5 nitrogen and oxygen atoms in total. The lowest BCUT2D eigenvalue weighted by atomic mass is 10.1. The van der Waals surface area contributed by atoms with E-state index in [-0.39, 0.29) is 5.75 Å². The summed E-state index contributed by atoms with van der Waals surface area (Å²) < 4.78 is 39.0. The van der Waals surface area contributed by atoms with Crippen LogP contribution in [0.25, 0.3) is 0 Å². The highest BCUT2D eigenvalue weighted by Gasteiger charge is 2.38. The molecular weight excluding hydrogens is 307 g/mol. The number of carbonyl (C=O) groups excluding carboxylic acids is 1. The number of anilines is 1. The lowest BCUT2D eigenvalue weighted by molar-refractivity contribution is -0.119. The van der Waals surface area contributed by atoms with Crippen LogP contribution in [-0.4, -0.2) is 37.0 Å². The largest absolute Gasteiger partial charge is 0.324 e. The Hall–Kier alpha value is -1.47. The zero-order chi connectivity index (χ0) is 16.3. The van der Waals surface area contributed by atoms with E-state index in [0.717, 1.165) is 5.56 Å². The first-order valence-corrected chi connectivity index (χ1v) is 9.02. The van der Waals surface area contributed by atoms with Crippen LogP contribution in [0.4, 0.5) is 10.1 Å². The van der Waals surface area contributed by atoms with E-state index >= 15 is 0 Å². The highest BCUT2D eigenvalue weighted by Crippen LogP contribution is 2.24. The van der Waals surface area contributed by atoms with Gasteiger partial charge in [-0.3, -0.25) is 4.79 Å². The van der Waals surface area contributed by atoms with E-state index in [1.165, 1.54) is 16.4 Å². The number of amides is 1. The first kappa shape index (κ1) is 16.9. The molecule has 1 aliphatic rings. The van der Waals surface area contributed by atoms with Crippen LogP contribution in [0.2, 0.25) is 0 Å². The topological polar surface area (TPSA) is 66.5 Å². The number of nitrogens with zero attached hydrogens (tertiary/aromatic N) is 1. The van der Waals surface area contributed by atoms with Crippen LogP contribution in [0.15, 0.2) is 18.2 Å². The van der Waals surface area contributed by atoms with E-state index in [1.54, 1.807) is 19.9 Å². The van der Waals surface area contributed by atoms with Crippen LogP contribution in [-0.2, 0) is 14.8 Å². The third-order valence-corrected chi connectivity index (χ3v) is 5.86. The summed E-state index contributed by atoms with van der Waals surface area (Å²) in [5, 5.41) is 2.65. The van der Waals surface area contributed by atoms with Crippen LogP contribution in [0.5, 0.6) is 0 Å². The van der Waals surface area contributed by atoms with E-state index in [9.17, 15) is 17.6 Å². The molecule has 1 atom stereocenters. The van der Waals surface area contributed by atoms with Crippen molar-refractivity contribution in [2.24, 2.45) is 0 Å². The predicted molar refractivity (Wildman–Crippen MR) is 83.6 cm³/mol. The van der Waals surface area contributed by atoms with Crippen molar-refractivity contribution in [1.29, 1.82) is 0 Å². The number of halogens is 1. The molecule has 1 aliphatic heterocycles. The second-order valence-corrected chi connectivity index (χ2v) is 7.57. The van der Waals surface area contributed by atoms with Gasteiger partial charge in [0.25, 0.3) is 0 Å². The van der Waals surface area contributed by atoms with E-state index in [2.05, 4.69) is 5.32 Å². The maximum atomic E-state index is 13.3. The summed E-state index contributed by atoms with van der Waals surface area (Å²) in [6.07, 6.45) is 1.66. The van der Waals surface area contributed by atoms with Gasteiger partial charge in [0, 0.05) is 12.2 Å². The number of benzene rings is 1. The second-order valence-electron chi connectivity index (χ2n) is 5.53. The van der Waals surface area contributed by atoms with Crippen LogP contribution >= 0.6 is 0 Å². The normalized spacial score (nSPS) is 19.3. The summed E-state index contributed by atoms with van der Waals surface area (Å²) in [5.74, 6) is -0.802. The molecule has 1 aromatic carbocycles. The van der Waals surface area contributed by atoms with Crippen molar-refractivity contribution in [2.75, 3.05) is 17.6 Å². The van der Waals surface area contributed by atoms with Crippen molar-refractivity contribution in [1.82, 2.24) is 4.31 Å². The minimum absolute atomic E-state index is 0.0375. The van der Waals surface area contributed by atoms with Gasteiger partial charge in [-0.2, -0.15) is 4.31 Å². The van der Waals surface area contributed by atoms with Crippen molar-refractivity contribution < 1.29 is 17.6 Å². The molecule has 1 unspecified atom stereocenters. The molecule has 122 valence electrons. The number of nitrogens with one attached hydrogen (secondary N) is 1. The maximum Gasteiger partial charge on any atom is 0.242 e. The number of carbonyl (C=O) groups is 1. The molecule has 0 aromatic heterocycles. The smallest absolute Gasteiger partial charge is 0.242 e. The van der Waals surface area contributed by atoms with Crippen molar-refractivity contribution in [3.05, 3.63) is 29.6 Å². The number of hydrogen-bond acceptors (Lipinski definition) is 3. The van der Waals surface area contributed by atoms with Gasteiger partial charge in [-0.15, -0.1) is 0 Å². The van der Waals surface area contributed by atoms with Gasteiger partial charge in [-0.1, -0.05) is 13.0 Å². The van der Waals surface area contributed by atoms with E-state index in [4.69, 9.17) is 0 Å². The van der Waals surface area contributed by atoms with Gasteiger partial charge in [0.1, 0.15) is 11.9 Å². The zero-order valence-electron chi connectivity index (χ0n) is 12.8. The monoisotopic (exact) mass is 328 g/mol. The standard InChI is InChI=1S/C15H21FN2O3S/c1-3-9-22(20,21)18-8-4-5-14(18)15(19)17-13-10-12(16)7-6-11(13)2/h6-7,10,14H,3-5,8-9H2,1-2H3,(H,17,19). The molecule has 1 fully saturated rings. The third kappa shape index (κ3) is 3.64. The fraction of sp³-hybridized carbons (Fsp3) is 0.533. The van der Waals surface area contributed by atoms with Gasteiger partial charge in [0.15, 0.2) is 0 Å². The quantitative estimate of drug-likeness (QED) is 0.902. The minimum Gasteiger partial charge on any atom is -0.324 e. The number of sulfonamides is 1. The molecule has 1 aromatic rings. The minimum atomic E-state index is -3.42. The summed E-state index contributed by atoms with van der Waals surface area (Å²) in [4.78, 5) is 12.4. The van der Waals surface area contributed by atoms with Gasteiger partial charge in [-0.25, -0.2) is 12.8 Å². The van der Waals surface area contributed by atoms with Crippen LogP contribution in [0, 0.1) is 12.7 Å². The molecule has 1 N–H and O–H groups in total. The van der Waals surface area contributed by atoms with Gasteiger partial charge in [-0.05, 0) is 43.9 Å². The number of rotatable bonds is 5. The molecule has 2 rings (SSSR count). The molecule has 0 aliphatic carbocycles. The van der Waals surface area contributed by atoms with Gasteiger partial charge >= 0.3 is 0 Å². The Kier molecular flexibility index (Phi) is 5.18. The molecule has 0 saturated carbocycles. The average Bonchev–Trinajstić information content (AvgIpc) is 2.93. The lowest BCUT2D eigenvalue weighted by Gasteiger charge is -2.23. The summed E-state index contributed by atoms with van der Waals surface area (Å²) in [7, 11) is -3.42. The zero-order valence-corrected chi connectivity index (χ0v) is 13.6. The molecule has 7 heteroatoms.